The van der Waals surface area contributed by atoms with Crippen LogP contribution in [0.2, 0.25) is 0 Å². The smallest absolute Gasteiger partial charge is 0.0124 e. The van der Waals surface area contributed by atoms with Crippen LogP contribution >= 0.6 is 0 Å². The van der Waals surface area contributed by atoms with Gasteiger partial charge in [0.1, 0.15) is 0 Å². The van der Waals surface area contributed by atoms with Crippen molar-refractivity contribution in [2.45, 2.75) is 83.2 Å². The van der Waals surface area contributed by atoms with E-state index in [1.54, 1.807) is 0 Å². The zero-order valence-electron chi connectivity index (χ0n) is 14.3. The summed E-state index contributed by atoms with van der Waals surface area (Å²) >= 11 is 0. The lowest BCUT2D eigenvalue weighted by atomic mass is 9.75. The molecular weight excluding hydrogens is 256 g/mol. The molecule has 0 radical (unpaired) electrons. The Balaban J connectivity index is 1.60. The molecule has 1 aliphatic heterocycles. The highest BCUT2D eigenvalue weighted by atomic mass is 15.2. The summed E-state index contributed by atoms with van der Waals surface area (Å²) in [6.07, 6.45) is 14.6. The number of piperidine rings is 1. The molecule has 0 amide bonds. The third-order valence-electron chi connectivity index (χ3n) is 6.74. The molecule has 122 valence electrons. The van der Waals surface area contributed by atoms with Crippen molar-refractivity contribution in [2.75, 3.05) is 20.1 Å². The van der Waals surface area contributed by atoms with Gasteiger partial charge in [0.25, 0.3) is 0 Å². The van der Waals surface area contributed by atoms with E-state index in [2.05, 4.69) is 24.2 Å². The van der Waals surface area contributed by atoms with Crippen molar-refractivity contribution in [3.8, 4) is 0 Å². The molecule has 3 rings (SSSR count). The SMILES string of the molecule is CCCC1CCC(NC)C(CN2CCCC3CCCC32)C1. The van der Waals surface area contributed by atoms with Gasteiger partial charge in [0.05, 0.1) is 0 Å². The Morgan fingerprint density at radius 3 is 2.71 bits per heavy atom. The number of hydrogen-bond acceptors (Lipinski definition) is 2. The molecule has 2 heteroatoms. The molecule has 0 bridgehead atoms. The van der Waals surface area contributed by atoms with Crippen molar-refractivity contribution in [2.24, 2.45) is 17.8 Å². The largest absolute Gasteiger partial charge is 0.317 e. The van der Waals surface area contributed by atoms with Gasteiger partial charge in [-0.15, -0.1) is 0 Å². The van der Waals surface area contributed by atoms with Crippen LogP contribution in [0.15, 0.2) is 0 Å². The quantitative estimate of drug-likeness (QED) is 0.822. The fourth-order valence-corrected chi connectivity index (χ4v) is 5.70. The van der Waals surface area contributed by atoms with Crippen LogP contribution in [0.5, 0.6) is 0 Å². The summed E-state index contributed by atoms with van der Waals surface area (Å²) in [5.41, 5.74) is 0. The molecule has 5 unspecified atom stereocenters. The average Bonchev–Trinajstić information content (AvgIpc) is 2.97. The van der Waals surface area contributed by atoms with Gasteiger partial charge in [0, 0.05) is 18.6 Å². The summed E-state index contributed by atoms with van der Waals surface area (Å²) in [6, 6.07) is 1.72. The Labute approximate surface area is 132 Å². The summed E-state index contributed by atoms with van der Waals surface area (Å²) in [7, 11) is 2.19. The zero-order valence-corrected chi connectivity index (χ0v) is 14.3. The van der Waals surface area contributed by atoms with E-state index in [1.165, 1.54) is 77.3 Å². The molecule has 2 aliphatic carbocycles. The topological polar surface area (TPSA) is 15.3 Å². The predicted molar refractivity (Wildman–Crippen MR) is 90.5 cm³/mol. The van der Waals surface area contributed by atoms with Gasteiger partial charge in [-0.05, 0) is 76.3 Å². The van der Waals surface area contributed by atoms with Crippen LogP contribution in [0.25, 0.3) is 0 Å². The maximum Gasteiger partial charge on any atom is 0.0124 e. The minimum Gasteiger partial charge on any atom is -0.317 e. The van der Waals surface area contributed by atoms with E-state index in [4.69, 9.17) is 0 Å². The molecule has 1 N–H and O–H groups in total. The van der Waals surface area contributed by atoms with Crippen LogP contribution < -0.4 is 5.32 Å². The number of likely N-dealkylation sites (tertiary alicyclic amines) is 1. The first-order valence-corrected chi connectivity index (χ1v) is 9.73. The Kier molecular flexibility index (Phi) is 5.61. The highest BCUT2D eigenvalue weighted by Crippen LogP contribution is 2.39. The van der Waals surface area contributed by atoms with Crippen LogP contribution in [0.4, 0.5) is 0 Å². The molecule has 0 aromatic rings. The van der Waals surface area contributed by atoms with E-state index in [0.29, 0.717) is 0 Å². The molecule has 2 nitrogen and oxygen atoms in total. The van der Waals surface area contributed by atoms with Gasteiger partial charge in [-0.1, -0.05) is 26.2 Å². The zero-order chi connectivity index (χ0) is 14.7. The Bertz CT molecular complexity index is 317. The first-order chi connectivity index (χ1) is 10.3. The number of rotatable bonds is 5. The second kappa shape index (κ2) is 7.46. The van der Waals surface area contributed by atoms with Crippen LogP contribution in [-0.2, 0) is 0 Å². The van der Waals surface area contributed by atoms with Crippen molar-refractivity contribution >= 4 is 0 Å². The van der Waals surface area contributed by atoms with Crippen molar-refractivity contribution in [1.29, 1.82) is 0 Å². The van der Waals surface area contributed by atoms with Crippen LogP contribution in [0, 0.1) is 17.8 Å². The van der Waals surface area contributed by atoms with E-state index in [0.717, 1.165) is 29.8 Å². The Morgan fingerprint density at radius 2 is 1.90 bits per heavy atom. The fourth-order valence-electron chi connectivity index (χ4n) is 5.70. The highest BCUT2D eigenvalue weighted by molar-refractivity contribution is 4.93. The van der Waals surface area contributed by atoms with Gasteiger partial charge in [-0.2, -0.15) is 0 Å². The highest BCUT2D eigenvalue weighted by Gasteiger charge is 2.38. The third-order valence-corrected chi connectivity index (χ3v) is 6.74. The number of nitrogens with zero attached hydrogens (tertiary/aromatic N) is 1. The maximum absolute atomic E-state index is 3.64. The van der Waals surface area contributed by atoms with Crippen LogP contribution in [-0.4, -0.2) is 37.1 Å². The standard InChI is InChI=1S/C19H36N2/c1-3-6-15-10-11-18(20-2)17(13-15)14-21-12-5-8-16-7-4-9-19(16)21/h15-20H,3-14H2,1-2H3. The second-order valence-electron chi connectivity index (χ2n) is 8.02. The fraction of sp³-hybridized carbons (Fsp3) is 1.00. The number of nitrogens with one attached hydrogen (secondary N) is 1. The van der Waals surface area contributed by atoms with Crippen molar-refractivity contribution in [1.82, 2.24) is 10.2 Å². The van der Waals surface area contributed by atoms with E-state index >= 15 is 0 Å². The van der Waals surface area contributed by atoms with Crippen LogP contribution in [0.3, 0.4) is 0 Å². The van der Waals surface area contributed by atoms with Crippen molar-refractivity contribution < 1.29 is 0 Å². The Hall–Kier alpha value is -0.0800. The molecule has 2 saturated carbocycles. The predicted octanol–water partition coefficient (Wildman–Crippen LogP) is 4.06. The van der Waals surface area contributed by atoms with Gasteiger partial charge < -0.3 is 5.32 Å². The van der Waals surface area contributed by atoms with Crippen molar-refractivity contribution in [3.63, 3.8) is 0 Å². The normalized spacial score (nSPS) is 41.1. The summed E-state index contributed by atoms with van der Waals surface area (Å²) in [4.78, 5) is 2.91. The first-order valence-electron chi connectivity index (χ1n) is 9.73. The molecule has 1 heterocycles. The average molecular weight is 293 g/mol. The van der Waals surface area contributed by atoms with Gasteiger partial charge in [-0.25, -0.2) is 0 Å². The van der Waals surface area contributed by atoms with E-state index in [1.807, 2.05) is 0 Å². The first kappa shape index (κ1) is 15.8. The lowest BCUT2D eigenvalue weighted by Crippen LogP contribution is -2.50. The molecule has 1 saturated heterocycles. The molecule has 3 fully saturated rings. The van der Waals surface area contributed by atoms with E-state index in [9.17, 15) is 0 Å². The Morgan fingerprint density at radius 1 is 1.05 bits per heavy atom. The van der Waals surface area contributed by atoms with Crippen molar-refractivity contribution in [3.05, 3.63) is 0 Å². The lowest BCUT2D eigenvalue weighted by Gasteiger charge is -2.44. The number of fused-ring (bicyclic) bond motifs is 1. The summed E-state index contributed by atoms with van der Waals surface area (Å²) in [6.45, 7) is 5.12. The second-order valence-corrected chi connectivity index (χ2v) is 8.02. The molecule has 0 spiro atoms. The van der Waals surface area contributed by atoms with Crippen LogP contribution in [0.1, 0.15) is 71.1 Å². The van der Waals surface area contributed by atoms with Gasteiger partial charge in [0.15, 0.2) is 0 Å². The molecule has 0 aromatic carbocycles. The summed E-state index contributed by atoms with van der Waals surface area (Å²) in [5, 5.41) is 3.64. The molecule has 0 aromatic heterocycles. The maximum atomic E-state index is 3.64. The molecular formula is C19H36N2. The third kappa shape index (κ3) is 3.64. The molecule has 21 heavy (non-hydrogen) atoms. The molecule has 3 aliphatic rings. The van der Waals surface area contributed by atoms with E-state index < -0.39 is 0 Å². The minimum absolute atomic E-state index is 0.778. The minimum atomic E-state index is 0.778. The lowest BCUT2D eigenvalue weighted by molar-refractivity contribution is 0.0666. The van der Waals surface area contributed by atoms with E-state index in [-0.39, 0.29) is 0 Å². The monoisotopic (exact) mass is 292 g/mol. The van der Waals surface area contributed by atoms with Gasteiger partial charge in [0.2, 0.25) is 0 Å². The molecule has 5 atom stereocenters. The summed E-state index contributed by atoms with van der Waals surface area (Å²) in [5.74, 6) is 2.95. The number of hydrogen-bond donors (Lipinski definition) is 1. The van der Waals surface area contributed by atoms with Gasteiger partial charge in [-0.3, -0.25) is 4.90 Å². The van der Waals surface area contributed by atoms with Gasteiger partial charge >= 0.3 is 0 Å². The summed E-state index contributed by atoms with van der Waals surface area (Å²) < 4.78 is 0.